The largest absolute Gasteiger partial charge is 0.395 e. The smallest absolute Gasteiger partial charge is 0.225 e. The third kappa shape index (κ3) is 4.29. The Kier molecular flexibility index (Phi) is 5.78. The van der Waals surface area contributed by atoms with E-state index in [0.717, 1.165) is 43.9 Å². The first-order valence-electron chi connectivity index (χ1n) is 9.93. The van der Waals surface area contributed by atoms with E-state index in [4.69, 9.17) is 10.1 Å². The highest BCUT2D eigenvalue weighted by Gasteiger charge is 2.27. The minimum atomic E-state index is 0.128. The van der Waals surface area contributed by atoms with Crippen LogP contribution in [-0.2, 0) is 6.42 Å². The monoisotopic (exact) mass is 378 g/mol. The highest BCUT2D eigenvalue weighted by molar-refractivity contribution is 5.98. The summed E-state index contributed by atoms with van der Waals surface area (Å²) < 4.78 is 0. The normalized spacial score (nSPS) is 20.5. The van der Waals surface area contributed by atoms with Crippen molar-refractivity contribution in [2.24, 2.45) is 5.92 Å². The maximum absolute atomic E-state index is 12.6. The molecule has 1 aliphatic carbocycles. The number of nitrogens with zero attached hydrogens (tertiary/aromatic N) is 4. The third-order valence-corrected chi connectivity index (χ3v) is 5.49. The molecule has 1 aromatic carbocycles. The van der Waals surface area contributed by atoms with Gasteiger partial charge in [-0.3, -0.25) is 9.69 Å². The molecule has 1 aliphatic heterocycles. The molecular formula is C22H26N4O2. The van der Waals surface area contributed by atoms with E-state index in [1.165, 1.54) is 0 Å². The number of aliphatic hydroxyl groups excluding tert-OH is 1. The van der Waals surface area contributed by atoms with Gasteiger partial charge in [-0.25, -0.2) is 9.97 Å². The van der Waals surface area contributed by atoms with Gasteiger partial charge in [-0.05, 0) is 17.9 Å². The number of fused-ring (bicyclic) bond motifs is 1. The number of aliphatic hydroxyl groups is 1. The molecule has 2 aromatic rings. The van der Waals surface area contributed by atoms with Crippen LogP contribution in [0.1, 0.15) is 28.0 Å². The average Bonchev–Trinajstić information content (AvgIpc) is 2.73. The first-order valence-corrected chi connectivity index (χ1v) is 9.93. The van der Waals surface area contributed by atoms with Crippen molar-refractivity contribution in [1.29, 1.82) is 0 Å². The van der Waals surface area contributed by atoms with Gasteiger partial charge in [0.05, 0.1) is 17.9 Å². The lowest BCUT2D eigenvalue weighted by molar-refractivity contribution is 0.0957. The van der Waals surface area contributed by atoms with Crippen molar-refractivity contribution < 1.29 is 9.90 Å². The molecule has 4 rings (SSSR count). The number of anilines is 1. The molecule has 2 heterocycles. The Morgan fingerprint density at radius 2 is 1.89 bits per heavy atom. The van der Waals surface area contributed by atoms with Crippen molar-refractivity contribution >= 4 is 17.8 Å². The number of carbonyl (C=O) groups excluding carboxylic acids is 1. The number of ketones is 1. The summed E-state index contributed by atoms with van der Waals surface area (Å²) in [6, 6.07) is 10.2. The molecule has 6 nitrogen and oxygen atoms in total. The maximum atomic E-state index is 12.6. The average molecular weight is 378 g/mol. The van der Waals surface area contributed by atoms with Crippen LogP contribution < -0.4 is 4.90 Å². The molecule has 1 fully saturated rings. The molecule has 0 bridgehead atoms. The Balaban J connectivity index is 1.46. The number of Topliss-reactive ketones (excluding diaryl/α,β-unsaturated/α-hetero) is 1. The third-order valence-electron chi connectivity index (χ3n) is 5.49. The van der Waals surface area contributed by atoms with Crippen LogP contribution in [0.4, 0.5) is 5.95 Å². The fourth-order valence-corrected chi connectivity index (χ4v) is 3.88. The van der Waals surface area contributed by atoms with Crippen LogP contribution in [0.25, 0.3) is 6.08 Å². The van der Waals surface area contributed by atoms with Gasteiger partial charge in [0.15, 0.2) is 5.78 Å². The number of hydrogen-bond donors (Lipinski definition) is 1. The summed E-state index contributed by atoms with van der Waals surface area (Å²) in [4.78, 5) is 26.2. The Labute approximate surface area is 165 Å². The topological polar surface area (TPSA) is 69.6 Å². The first-order chi connectivity index (χ1) is 13.7. The molecule has 1 aromatic heterocycles. The summed E-state index contributed by atoms with van der Waals surface area (Å²) in [6.07, 6.45) is 7.21. The second kappa shape index (κ2) is 8.63. The van der Waals surface area contributed by atoms with Crippen LogP contribution in [-0.4, -0.2) is 65.1 Å². The fourth-order valence-electron chi connectivity index (χ4n) is 3.88. The Morgan fingerprint density at radius 1 is 1.11 bits per heavy atom. The van der Waals surface area contributed by atoms with Gasteiger partial charge in [-0.1, -0.05) is 42.5 Å². The van der Waals surface area contributed by atoms with Crippen LogP contribution in [0, 0.1) is 5.92 Å². The molecule has 146 valence electrons. The molecule has 0 saturated carbocycles. The number of aromatic nitrogens is 2. The highest BCUT2D eigenvalue weighted by atomic mass is 16.3. The molecule has 1 atom stereocenters. The summed E-state index contributed by atoms with van der Waals surface area (Å²) >= 11 is 0. The van der Waals surface area contributed by atoms with Crippen LogP contribution in [0.15, 0.2) is 42.6 Å². The van der Waals surface area contributed by atoms with Crippen LogP contribution in [0.5, 0.6) is 0 Å². The summed E-state index contributed by atoms with van der Waals surface area (Å²) in [5.74, 6) is 1.01. The lowest BCUT2D eigenvalue weighted by Gasteiger charge is -2.34. The molecule has 1 N–H and O–H groups in total. The predicted octanol–water partition coefficient (Wildman–Crippen LogP) is 2.05. The number of allylic oxidation sites excluding steroid dienone is 1. The Morgan fingerprint density at radius 3 is 2.64 bits per heavy atom. The number of carbonyl (C=O) groups is 1. The van der Waals surface area contributed by atoms with Crippen molar-refractivity contribution in [2.75, 3.05) is 44.2 Å². The molecule has 6 heteroatoms. The highest BCUT2D eigenvalue weighted by Crippen LogP contribution is 2.27. The molecular weight excluding hydrogens is 352 g/mol. The SMILES string of the molecule is O=C1CC(/C=C/c2ccccc2)Cc2nc(N3CCN(CCO)CC3)ncc21. The fraction of sp³-hybridized carbons (Fsp3) is 0.409. The van der Waals surface area contributed by atoms with E-state index in [-0.39, 0.29) is 18.3 Å². The minimum Gasteiger partial charge on any atom is -0.395 e. The van der Waals surface area contributed by atoms with Gasteiger partial charge < -0.3 is 10.0 Å². The number of benzene rings is 1. The van der Waals surface area contributed by atoms with Crippen LogP contribution in [0.2, 0.25) is 0 Å². The van der Waals surface area contributed by atoms with Crippen LogP contribution >= 0.6 is 0 Å². The first kappa shape index (κ1) is 18.8. The van der Waals surface area contributed by atoms with Crippen molar-refractivity contribution in [3.05, 3.63) is 59.4 Å². The number of hydrogen-bond acceptors (Lipinski definition) is 6. The molecule has 0 spiro atoms. The summed E-state index contributed by atoms with van der Waals surface area (Å²) in [6.45, 7) is 4.36. The number of β-amino-alcohol motifs (C(OH)–C–C–N with tert-alkyl or cyclic N) is 1. The summed E-state index contributed by atoms with van der Waals surface area (Å²) in [5, 5.41) is 9.08. The van der Waals surface area contributed by atoms with Crippen molar-refractivity contribution in [1.82, 2.24) is 14.9 Å². The van der Waals surface area contributed by atoms with Gasteiger partial charge >= 0.3 is 0 Å². The molecule has 0 radical (unpaired) electrons. The van der Waals surface area contributed by atoms with E-state index in [2.05, 4.69) is 39.1 Å². The van der Waals surface area contributed by atoms with Gasteiger partial charge in [0.2, 0.25) is 5.95 Å². The lowest BCUT2D eigenvalue weighted by atomic mass is 9.86. The van der Waals surface area contributed by atoms with Gasteiger partial charge in [-0.2, -0.15) is 0 Å². The summed E-state index contributed by atoms with van der Waals surface area (Å²) in [7, 11) is 0. The van der Waals surface area contributed by atoms with Gasteiger partial charge in [0, 0.05) is 45.3 Å². The lowest BCUT2D eigenvalue weighted by Crippen LogP contribution is -2.47. The van der Waals surface area contributed by atoms with Crippen molar-refractivity contribution in [3.8, 4) is 0 Å². The minimum absolute atomic E-state index is 0.128. The van der Waals surface area contributed by atoms with Crippen molar-refractivity contribution in [3.63, 3.8) is 0 Å². The quantitative estimate of drug-likeness (QED) is 0.859. The van der Waals surface area contributed by atoms with E-state index in [0.29, 0.717) is 24.5 Å². The van der Waals surface area contributed by atoms with E-state index in [1.807, 2.05) is 18.2 Å². The molecule has 0 amide bonds. The Hall–Kier alpha value is -2.57. The van der Waals surface area contributed by atoms with E-state index in [9.17, 15) is 4.79 Å². The van der Waals surface area contributed by atoms with E-state index >= 15 is 0 Å². The molecule has 28 heavy (non-hydrogen) atoms. The maximum Gasteiger partial charge on any atom is 0.225 e. The number of piperazine rings is 1. The molecule has 2 aliphatic rings. The predicted molar refractivity (Wildman–Crippen MR) is 109 cm³/mol. The van der Waals surface area contributed by atoms with Gasteiger partial charge in [0.25, 0.3) is 0 Å². The van der Waals surface area contributed by atoms with E-state index < -0.39 is 0 Å². The zero-order valence-corrected chi connectivity index (χ0v) is 16.0. The van der Waals surface area contributed by atoms with Gasteiger partial charge in [0.1, 0.15) is 0 Å². The molecule has 1 saturated heterocycles. The molecule has 1 unspecified atom stereocenters. The Bertz CT molecular complexity index is 845. The zero-order valence-electron chi connectivity index (χ0n) is 16.0. The second-order valence-corrected chi connectivity index (χ2v) is 7.44. The zero-order chi connectivity index (χ0) is 19.3. The standard InChI is InChI=1S/C22H26N4O2/c27-13-12-25-8-10-26(11-9-25)22-23-16-19-20(24-22)14-18(15-21(19)28)7-6-17-4-2-1-3-5-17/h1-7,16,18,27H,8-15H2/b7-6+. The van der Waals surface area contributed by atoms with Gasteiger partial charge in [-0.15, -0.1) is 0 Å². The van der Waals surface area contributed by atoms with E-state index in [1.54, 1.807) is 6.20 Å². The summed E-state index contributed by atoms with van der Waals surface area (Å²) in [5.41, 5.74) is 2.68. The van der Waals surface area contributed by atoms with Crippen LogP contribution in [0.3, 0.4) is 0 Å². The van der Waals surface area contributed by atoms with Crippen molar-refractivity contribution in [2.45, 2.75) is 12.8 Å². The number of rotatable bonds is 5. The second-order valence-electron chi connectivity index (χ2n) is 7.44.